The molecule has 6 heteroatoms. The molecule has 2 heterocycles. The lowest BCUT2D eigenvalue weighted by atomic mass is 10.0. The van der Waals surface area contributed by atoms with E-state index >= 15 is 0 Å². The Hall–Kier alpha value is -1.27. The van der Waals surface area contributed by atoms with Crippen LogP contribution in [0, 0.1) is 0 Å². The minimum atomic E-state index is -3.41. The molecule has 3 rings (SSSR count). The molecular formula is C14H21N3O2S. The van der Waals surface area contributed by atoms with Crippen molar-refractivity contribution in [2.45, 2.75) is 32.1 Å². The summed E-state index contributed by atoms with van der Waals surface area (Å²) in [7, 11) is -3.41. The molecule has 5 nitrogen and oxygen atoms in total. The molecule has 2 aliphatic rings. The van der Waals surface area contributed by atoms with Gasteiger partial charge >= 0.3 is 10.2 Å². The van der Waals surface area contributed by atoms with E-state index in [0.717, 1.165) is 44.3 Å². The van der Waals surface area contributed by atoms with Crippen LogP contribution in [-0.2, 0) is 16.6 Å². The predicted octanol–water partition coefficient (Wildman–Crippen LogP) is 2.19. The minimum absolute atomic E-state index is 0.624. The van der Waals surface area contributed by atoms with Gasteiger partial charge in [0, 0.05) is 25.3 Å². The fourth-order valence-electron chi connectivity index (χ4n) is 2.84. The van der Waals surface area contributed by atoms with Crippen LogP contribution in [0.1, 0.15) is 31.2 Å². The lowest BCUT2D eigenvalue weighted by Crippen LogP contribution is -2.39. The number of aryl methyl sites for hydroxylation is 1. The fourth-order valence-corrected chi connectivity index (χ4v) is 4.14. The first kappa shape index (κ1) is 13.7. The van der Waals surface area contributed by atoms with Crippen molar-refractivity contribution in [3.05, 3.63) is 23.8 Å². The number of nitrogens with zero attached hydrogens (tertiary/aromatic N) is 1. The number of anilines is 2. The largest absolute Gasteiger partial charge is 0.385 e. The molecule has 0 aliphatic carbocycles. The second kappa shape index (κ2) is 5.61. The van der Waals surface area contributed by atoms with Crippen molar-refractivity contribution < 1.29 is 8.42 Å². The Morgan fingerprint density at radius 1 is 1.10 bits per heavy atom. The number of hydrogen-bond donors (Lipinski definition) is 2. The topological polar surface area (TPSA) is 61.4 Å². The number of fused-ring (bicyclic) bond motifs is 1. The first-order chi connectivity index (χ1) is 9.65. The molecule has 0 amide bonds. The van der Waals surface area contributed by atoms with Crippen LogP contribution < -0.4 is 10.0 Å². The second-order valence-corrected chi connectivity index (χ2v) is 7.14. The number of hydrogen-bond acceptors (Lipinski definition) is 3. The van der Waals surface area contributed by atoms with Gasteiger partial charge in [-0.2, -0.15) is 12.7 Å². The van der Waals surface area contributed by atoms with E-state index in [4.69, 9.17) is 0 Å². The van der Waals surface area contributed by atoms with E-state index < -0.39 is 10.2 Å². The van der Waals surface area contributed by atoms with Crippen LogP contribution in [0.3, 0.4) is 0 Å². The maximum Gasteiger partial charge on any atom is 0.301 e. The molecule has 1 fully saturated rings. The summed E-state index contributed by atoms with van der Waals surface area (Å²) in [6.45, 7) is 2.20. The number of piperidine rings is 1. The molecule has 0 atom stereocenters. The molecular weight excluding hydrogens is 274 g/mol. The summed E-state index contributed by atoms with van der Waals surface area (Å²) >= 11 is 0. The Morgan fingerprint density at radius 3 is 2.70 bits per heavy atom. The molecule has 1 aromatic carbocycles. The number of rotatable bonds is 3. The van der Waals surface area contributed by atoms with Gasteiger partial charge in [-0.15, -0.1) is 0 Å². The molecule has 0 aromatic heterocycles. The SMILES string of the molecule is O=S(=O)(Nc1ccc2c(c1)NCCC2)N1CCCCC1. The molecule has 1 aromatic rings. The van der Waals surface area contributed by atoms with Gasteiger partial charge in [0.25, 0.3) is 0 Å². The Morgan fingerprint density at radius 2 is 1.90 bits per heavy atom. The molecule has 2 N–H and O–H groups in total. The van der Waals surface area contributed by atoms with Gasteiger partial charge in [0.2, 0.25) is 0 Å². The molecule has 0 saturated carbocycles. The zero-order chi connectivity index (χ0) is 14.0. The third kappa shape index (κ3) is 2.91. The van der Waals surface area contributed by atoms with Gasteiger partial charge in [-0.25, -0.2) is 0 Å². The summed E-state index contributed by atoms with van der Waals surface area (Å²) in [5.41, 5.74) is 2.95. The predicted molar refractivity (Wildman–Crippen MR) is 81.2 cm³/mol. The highest BCUT2D eigenvalue weighted by molar-refractivity contribution is 7.90. The van der Waals surface area contributed by atoms with E-state index in [-0.39, 0.29) is 0 Å². The molecule has 110 valence electrons. The third-order valence-corrected chi connectivity index (χ3v) is 5.49. The Bertz CT molecular complexity index is 580. The summed E-state index contributed by atoms with van der Waals surface area (Å²) in [4.78, 5) is 0. The summed E-state index contributed by atoms with van der Waals surface area (Å²) in [6, 6.07) is 5.76. The van der Waals surface area contributed by atoms with Crippen LogP contribution in [0.4, 0.5) is 11.4 Å². The maximum absolute atomic E-state index is 12.3. The van der Waals surface area contributed by atoms with Crippen LogP contribution in [0.25, 0.3) is 0 Å². The van der Waals surface area contributed by atoms with Crippen molar-refractivity contribution in [1.82, 2.24) is 4.31 Å². The van der Waals surface area contributed by atoms with Crippen LogP contribution in [-0.4, -0.2) is 32.4 Å². The molecule has 0 spiro atoms. The van der Waals surface area contributed by atoms with Gasteiger partial charge in [0.15, 0.2) is 0 Å². The number of benzene rings is 1. The second-order valence-electron chi connectivity index (χ2n) is 5.47. The van der Waals surface area contributed by atoms with E-state index in [1.807, 2.05) is 18.2 Å². The Balaban J connectivity index is 1.76. The summed E-state index contributed by atoms with van der Waals surface area (Å²) < 4.78 is 28.9. The Labute approximate surface area is 120 Å². The van der Waals surface area contributed by atoms with Gasteiger partial charge in [-0.3, -0.25) is 4.72 Å². The van der Waals surface area contributed by atoms with Gasteiger partial charge in [0.05, 0.1) is 5.69 Å². The smallest absolute Gasteiger partial charge is 0.301 e. The summed E-state index contributed by atoms with van der Waals surface area (Å²) in [6.07, 6.45) is 5.21. The normalized spacial score (nSPS) is 20.0. The van der Waals surface area contributed by atoms with Gasteiger partial charge in [0.1, 0.15) is 0 Å². The molecule has 0 bridgehead atoms. The summed E-state index contributed by atoms with van der Waals surface area (Å²) in [5.74, 6) is 0. The monoisotopic (exact) mass is 295 g/mol. The van der Waals surface area contributed by atoms with E-state index in [2.05, 4.69) is 10.0 Å². The van der Waals surface area contributed by atoms with Gasteiger partial charge in [-0.1, -0.05) is 12.5 Å². The zero-order valence-corrected chi connectivity index (χ0v) is 12.4. The first-order valence-corrected chi connectivity index (χ1v) is 8.74. The average molecular weight is 295 g/mol. The maximum atomic E-state index is 12.3. The molecule has 1 saturated heterocycles. The average Bonchev–Trinajstić information content (AvgIpc) is 2.48. The van der Waals surface area contributed by atoms with Crippen molar-refractivity contribution in [3.63, 3.8) is 0 Å². The summed E-state index contributed by atoms with van der Waals surface area (Å²) in [5, 5.41) is 3.32. The zero-order valence-electron chi connectivity index (χ0n) is 11.6. The molecule has 0 unspecified atom stereocenters. The van der Waals surface area contributed by atoms with E-state index in [0.29, 0.717) is 18.8 Å². The standard InChI is InChI=1S/C14H21N3O2S/c18-20(19,17-9-2-1-3-10-17)16-13-7-6-12-5-4-8-15-14(12)11-13/h6-7,11,15-16H,1-5,8-10H2. The fraction of sp³-hybridized carbons (Fsp3) is 0.571. The minimum Gasteiger partial charge on any atom is -0.385 e. The van der Waals surface area contributed by atoms with E-state index in [1.54, 1.807) is 4.31 Å². The van der Waals surface area contributed by atoms with Crippen LogP contribution >= 0.6 is 0 Å². The van der Waals surface area contributed by atoms with Crippen LogP contribution in [0.15, 0.2) is 18.2 Å². The van der Waals surface area contributed by atoms with Crippen LogP contribution in [0.2, 0.25) is 0 Å². The van der Waals surface area contributed by atoms with Crippen molar-refractivity contribution >= 4 is 21.6 Å². The quantitative estimate of drug-likeness (QED) is 0.898. The lowest BCUT2D eigenvalue weighted by molar-refractivity contribution is 0.349. The van der Waals surface area contributed by atoms with E-state index in [1.165, 1.54) is 5.56 Å². The van der Waals surface area contributed by atoms with Gasteiger partial charge < -0.3 is 5.32 Å². The highest BCUT2D eigenvalue weighted by Gasteiger charge is 2.24. The molecule has 20 heavy (non-hydrogen) atoms. The highest BCUT2D eigenvalue weighted by Crippen LogP contribution is 2.26. The first-order valence-electron chi connectivity index (χ1n) is 7.30. The van der Waals surface area contributed by atoms with Gasteiger partial charge in [-0.05, 0) is 43.4 Å². The molecule has 0 radical (unpaired) electrons. The van der Waals surface area contributed by atoms with Crippen molar-refractivity contribution in [3.8, 4) is 0 Å². The Kier molecular flexibility index (Phi) is 3.85. The molecule has 2 aliphatic heterocycles. The van der Waals surface area contributed by atoms with E-state index in [9.17, 15) is 8.42 Å². The van der Waals surface area contributed by atoms with Crippen molar-refractivity contribution in [1.29, 1.82) is 0 Å². The van der Waals surface area contributed by atoms with Crippen LogP contribution in [0.5, 0.6) is 0 Å². The van der Waals surface area contributed by atoms with Crippen molar-refractivity contribution in [2.75, 3.05) is 29.7 Å². The lowest BCUT2D eigenvalue weighted by Gasteiger charge is -2.26. The third-order valence-electron chi connectivity index (χ3n) is 3.95. The van der Waals surface area contributed by atoms with Crippen molar-refractivity contribution in [2.24, 2.45) is 0 Å². The highest BCUT2D eigenvalue weighted by atomic mass is 32.2. The number of nitrogens with one attached hydrogen (secondary N) is 2.